The standard InChI is InChI=1S/C23H31NO4S/c1-4-6-12-23(5-2)16-24(19-10-8-7-9-11-19)20-14-21(28-3)18(15-25)13-22(20)29(26,27)17-23/h7-11,13-14,25H,4-6,12,15-17H2,1-3H3. The first kappa shape index (κ1) is 21.7. The van der Waals surface area contributed by atoms with Gasteiger partial charge in [-0.15, -0.1) is 0 Å². The van der Waals surface area contributed by atoms with Gasteiger partial charge in [-0.3, -0.25) is 0 Å². The number of hydrogen-bond donors (Lipinski definition) is 1. The van der Waals surface area contributed by atoms with Crippen LogP contribution in [-0.4, -0.2) is 32.9 Å². The van der Waals surface area contributed by atoms with Crippen LogP contribution in [-0.2, 0) is 16.4 Å². The van der Waals surface area contributed by atoms with Gasteiger partial charge in [0.1, 0.15) is 5.75 Å². The van der Waals surface area contributed by atoms with Gasteiger partial charge in [0.2, 0.25) is 0 Å². The number of aliphatic hydroxyl groups excluding tert-OH is 1. The van der Waals surface area contributed by atoms with Crippen molar-refractivity contribution >= 4 is 21.2 Å². The molecule has 5 nitrogen and oxygen atoms in total. The summed E-state index contributed by atoms with van der Waals surface area (Å²) in [6.45, 7) is 4.58. The van der Waals surface area contributed by atoms with E-state index in [1.54, 1.807) is 12.1 Å². The molecule has 3 rings (SSSR count). The fraction of sp³-hybridized carbons (Fsp3) is 0.478. The maximum absolute atomic E-state index is 13.5. The van der Waals surface area contributed by atoms with Crippen molar-refractivity contribution in [2.45, 2.75) is 51.0 Å². The van der Waals surface area contributed by atoms with Crippen molar-refractivity contribution in [3.8, 4) is 5.75 Å². The first-order valence-corrected chi connectivity index (χ1v) is 11.9. The number of para-hydroxylation sites is 1. The van der Waals surface area contributed by atoms with Crippen LogP contribution in [0.5, 0.6) is 5.75 Å². The smallest absolute Gasteiger partial charge is 0.181 e. The average Bonchev–Trinajstić information content (AvgIpc) is 2.84. The van der Waals surface area contributed by atoms with Crippen LogP contribution >= 0.6 is 0 Å². The summed E-state index contributed by atoms with van der Waals surface area (Å²) >= 11 is 0. The predicted molar refractivity (Wildman–Crippen MR) is 117 cm³/mol. The van der Waals surface area contributed by atoms with E-state index in [0.717, 1.165) is 31.4 Å². The van der Waals surface area contributed by atoms with E-state index in [4.69, 9.17) is 4.74 Å². The number of anilines is 2. The zero-order valence-electron chi connectivity index (χ0n) is 17.5. The lowest BCUT2D eigenvalue weighted by atomic mass is 9.81. The van der Waals surface area contributed by atoms with Crippen LogP contribution in [0.1, 0.15) is 45.1 Å². The highest BCUT2D eigenvalue weighted by Gasteiger charge is 2.41. The van der Waals surface area contributed by atoms with Gasteiger partial charge in [0.15, 0.2) is 9.84 Å². The van der Waals surface area contributed by atoms with E-state index < -0.39 is 9.84 Å². The summed E-state index contributed by atoms with van der Waals surface area (Å²) in [6.07, 6.45) is 3.67. The summed E-state index contributed by atoms with van der Waals surface area (Å²) in [5.74, 6) is 0.615. The summed E-state index contributed by atoms with van der Waals surface area (Å²) in [7, 11) is -2.00. The lowest BCUT2D eigenvalue weighted by Gasteiger charge is -2.36. The molecule has 1 heterocycles. The second kappa shape index (κ2) is 8.76. The van der Waals surface area contributed by atoms with Crippen molar-refractivity contribution in [3.63, 3.8) is 0 Å². The predicted octanol–water partition coefficient (Wildman–Crippen LogP) is 4.70. The molecule has 2 aromatic carbocycles. The largest absolute Gasteiger partial charge is 0.496 e. The Morgan fingerprint density at radius 3 is 2.48 bits per heavy atom. The van der Waals surface area contributed by atoms with E-state index in [2.05, 4.69) is 18.7 Å². The number of rotatable bonds is 7. The van der Waals surface area contributed by atoms with E-state index in [0.29, 0.717) is 23.5 Å². The molecule has 1 aliphatic rings. The zero-order valence-corrected chi connectivity index (χ0v) is 18.3. The number of aliphatic hydroxyl groups is 1. The number of hydrogen-bond acceptors (Lipinski definition) is 5. The number of ether oxygens (including phenoxy) is 1. The first-order chi connectivity index (χ1) is 13.9. The Bertz CT molecular complexity index is 943. The van der Waals surface area contributed by atoms with Crippen molar-refractivity contribution in [2.24, 2.45) is 5.41 Å². The van der Waals surface area contributed by atoms with Crippen LogP contribution in [0.3, 0.4) is 0 Å². The highest BCUT2D eigenvalue weighted by Crippen LogP contribution is 2.45. The van der Waals surface area contributed by atoms with Crippen molar-refractivity contribution < 1.29 is 18.3 Å². The number of sulfone groups is 1. The van der Waals surface area contributed by atoms with Crippen LogP contribution in [0.2, 0.25) is 0 Å². The molecule has 0 spiro atoms. The normalized spacial score (nSPS) is 20.8. The minimum absolute atomic E-state index is 0.115. The third-order valence-corrected chi connectivity index (χ3v) is 8.02. The quantitative estimate of drug-likeness (QED) is 0.707. The maximum Gasteiger partial charge on any atom is 0.181 e. The lowest BCUT2D eigenvalue weighted by Crippen LogP contribution is -2.37. The van der Waals surface area contributed by atoms with Gasteiger partial charge in [-0.25, -0.2) is 8.42 Å². The molecule has 0 aromatic heterocycles. The van der Waals surface area contributed by atoms with E-state index >= 15 is 0 Å². The SMILES string of the molecule is CCCCC1(CC)CN(c2ccccc2)c2cc(OC)c(CO)cc2S(=O)(=O)C1. The Balaban J connectivity index is 2.27. The molecule has 0 bridgehead atoms. The fourth-order valence-electron chi connectivity index (χ4n) is 4.24. The third kappa shape index (κ3) is 4.28. The molecule has 1 atom stereocenters. The van der Waals surface area contributed by atoms with E-state index in [-0.39, 0.29) is 22.7 Å². The van der Waals surface area contributed by atoms with Crippen molar-refractivity contribution in [3.05, 3.63) is 48.0 Å². The highest BCUT2D eigenvalue weighted by molar-refractivity contribution is 7.91. The van der Waals surface area contributed by atoms with Crippen molar-refractivity contribution in [2.75, 3.05) is 24.3 Å². The van der Waals surface area contributed by atoms with Crippen LogP contribution < -0.4 is 9.64 Å². The lowest BCUT2D eigenvalue weighted by molar-refractivity contribution is 0.273. The number of fused-ring (bicyclic) bond motifs is 1. The van der Waals surface area contributed by atoms with Crippen LogP contribution in [0.4, 0.5) is 11.4 Å². The van der Waals surface area contributed by atoms with Gasteiger partial charge >= 0.3 is 0 Å². The van der Waals surface area contributed by atoms with Crippen LogP contribution in [0.15, 0.2) is 47.4 Å². The third-order valence-electron chi connectivity index (χ3n) is 6.03. The van der Waals surface area contributed by atoms with Crippen LogP contribution in [0, 0.1) is 5.41 Å². The second-order valence-electron chi connectivity index (χ2n) is 7.93. The molecule has 0 amide bonds. The van der Waals surface area contributed by atoms with E-state index in [1.165, 1.54) is 7.11 Å². The van der Waals surface area contributed by atoms with Gasteiger partial charge in [-0.2, -0.15) is 0 Å². The molecule has 0 aliphatic carbocycles. The van der Waals surface area contributed by atoms with E-state index in [9.17, 15) is 13.5 Å². The highest BCUT2D eigenvalue weighted by atomic mass is 32.2. The number of nitrogens with zero attached hydrogens (tertiary/aromatic N) is 1. The number of benzene rings is 2. The molecule has 0 fully saturated rings. The molecule has 29 heavy (non-hydrogen) atoms. The Kier molecular flexibility index (Phi) is 6.54. The first-order valence-electron chi connectivity index (χ1n) is 10.3. The van der Waals surface area contributed by atoms with Crippen molar-refractivity contribution in [1.82, 2.24) is 0 Å². The Morgan fingerprint density at radius 2 is 1.90 bits per heavy atom. The molecule has 0 saturated heterocycles. The number of methoxy groups -OCH3 is 1. The summed E-state index contributed by atoms with van der Waals surface area (Å²) in [5.41, 5.74) is 1.73. The topological polar surface area (TPSA) is 66.8 Å². The maximum atomic E-state index is 13.5. The molecule has 1 aliphatic heterocycles. The van der Waals surface area contributed by atoms with Crippen molar-refractivity contribution in [1.29, 1.82) is 0 Å². The molecule has 6 heteroatoms. The Morgan fingerprint density at radius 1 is 1.17 bits per heavy atom. The molecule has 1 unspecified atom stereocenters. The van der Waals surface area contributed by atoms with Gasteiger partial charge in [0.25, 0.3) is 0 Å². The average molecular weight is 418 g/mol. The summed E-state index contributed by atoms with van der Waals surface area (Å²) < 4.78 is 32.5. The Hall–Kier alpha value is -2.05. The Labute approximate surface area is 174 Å². The van der Waals surface area contributed by atoms with Gasteiger partial charge in [0.05, 0.1) is 30.1 Å². The summed E-state index contributed by atoms with van der Waals surface area (Å²) in [4.78, 5) is 2.39. The summed E-state index contributed by atoms with van der Waals surface area (Å²) in [5, 5.41) is 9.75. The molecule has 0 radical (unpaired) electrons. The fourth-order valence-corrected chi connectivity index (χ4v) is 6.45. The summed E-state index contributed by atoms with van der Waals surface area (Å²) in [6, 6.07) is 13.3. The van der Waals surface area contributed by atoms with Gasteiger partial charge < -0.3 is 14.7 Å². The minimum atomic E-state index is -3.54. The minimum Gasteiger partial charge on any atom is -0.496 e. The van der Waals surface area contributed by atoms with Gasteiger partial charge in [0, 0.05) is 29.3 Å². The van der Waals surface area contributed by atoms with Gasteiger partial charge in [-0.1, -0.05) is 44.9 Å². The van der Waals surface area contributed by atoms with Gasteiger partial charge in [-0.05, 0) is 31.0 Å². The zero-order chi connectivity index (χ0) is 21.1. The number of unbranched alkanes of at least 4 members (excludes halogenated alkanes) is 1. The second-order valence-corrected chi connectivity index (χ2v) is 9.89. The van der Waals surface area contributed by atoms with E-state index in [1.807, 2.05) is 30.3 Å². The monoisotopic (exact) mass is 417 g/mol. The molecule has 0 saturated carbocycles. The molecule has 158 valence electrons. The molecular weight excluding hydrogens is 386 g/mol. The molecule has 1 N–H and O–H groups in total. The molecule has 2 aromatic rings. The molecular formula is C23H31NO4S. The van der Waals surface area contributed by atoms with Crippen LogP contribution in [0.25, 0.3) is 0 Å².